The average molecular weight is 293 g/mol. The van der Waals surface area contributed by atoms with Gasteiger partial charge in [0.1, 0.15) is 0 Å². The minimum Gasteiger partial charge on any atom is -0.311 e. The molecular weight excluding hydrogens is 256 g/mol. The van der Waals surface area contributed by atoms with Crippen LogP contribution >= 0.6 is 0 Å². The summed E-state index contributed by atoms with van der Waals surface area (Å²) >= 11 is 0. The summed E-state index contributed by atoms with van der Waals surface area (Å²) in [5, 5.41) is 3.84. The maximum atomic E-state index is 3.84. The standard InChI is InChI=1S/C19H36N2/c1-5-13(3)19-12-21(17(6-2)11-20-19)14(4)18-10-15-7-8-16(18)9-15/h13-20H,5-12H2,1-4H3. The number of hydrogen-bond acceptors (Lipinski definition) is 2. The Kier molecular flexibility index (Phi) is 4.95. The van der Waals surface area contributed by atoms with Crippen LogP contribution in [0.25, 0.3) is 0 Å². The van der Waals surface area contributed by atoms with Crippen LogP contribution in [0.2, 0.25) is 0 Å². The Hall–Kier alpha value is -0.0800. The van der Waals surface area contributed by atoms with Crippen molar-refractivity contribution in [2.24, 2.45) is 23.7 Å². The van der Waals surface area contributed by atoms with E-state index < -0.39 is 0 Å². The third kappa shape index (κ3) is 3.03. The highest BCUT2D eigenvalue weighted by molar-refractivity contribution is 4.98. The van der Waals surface area contributed by atoms with E-state index in [0.717, 1.165) is 35.8 Å². The van der Waals surface area contributed by atoms with Gasteiger partial charge in [-0.1, -0.05) is 33.6 Å². The molecule has 0 spiro atoms. The first kappa shape index (κ1) is 15.8. The van der Waals surface area contributed by atoms with Crippen LogP contribution in [-0.4, -0.2) is 36.1 Å². The van der Waals surface area contributed by atoms with Gasteiger partial charge >= 0.3 is 0 Å². The lowest BCUT2D eigenvalue weighted by atomic mass is 9.81. The van der Waals surface area contributed by atoms with Crippen LogP contribution in [0.15, 0.2) is 0 Å². The van der Waals surface area contributed by atoms with E-state index in [1.807, 2.05) is 0 Å². The molecule has 1 saturated heterocycles. The van der Waals surface area contributed by atoms with Crippen molar-refractivity contribution in [2.45, 2.75) is 84.3 Å². The Labute approximate surface area is 132 Å². The van der Waals surface area contributed by atoms with Gasteiger partial charge in [-0.05, 0) is 56.3 Å². The van der Waals surface area contributed by atoms with Crippen molar-refractivity contribution >= 4 is 0 Å². The van der Waals surface area contributed by atoms with Crippen molar-refractivity contribution < 1.29 is 0 Å². The van der Waals surface area contributed by atoms with E-state index in [1.165, 1.54) is 45.2 Å². The predicted molar refractivity (Wildman–Crippen MR) is 90.4 cm³/mol. The molecule has 1 heterocycles. The van der Waals surface area contributed by atoms with Gasteiger partial charge in [0.25, 0.3) is 0 Å². The molecule has 0 aromatic heterocycles. The van der Waals surface area contributed by atoms with Crippen molar-refractivity contribution in [2.75, 3.05) is 13.1 Å². The third-order valence-corrected chi connectivity index (χ3v) is 7.23. The Bertz CT molecular complexity index is 342. The largest absolute Gasteiger partial charge is 0.311 e. The van der Waals surface area contributed by atoms with Crippen LogP contribution in [-0.2, 0) is 0 Å². The number of nitrogens with zero attached hydrogens (tertiary/aromatic N) is 1. The van der Waals surface area contributed by atoms with Crippen LogP contribution < -0.4 is 5.32 Å². The molecule has 122 valence electrons. The molecule has 1 aliphatic heterocycles. The Morgan fingerprint density at radius 3 is 2.52 bits per heavy atom. The van der Waals surface area contributed by atoms with Gasteiger partial charge in [0.15, 0.2) is 0 Å². The minimum atomic E-state index is 0.707. The second kappa shape index (κ2) is 6.58. The predicted octanol–water partition coefficient (Wildman–Crippen LogP) is 3.91. The fourth-order valence-corrected chi connectivity index (χ4v) is 5.52. The zero-order valence-corrected chi connectivity index (χ0v) is 14.6. The molecule has 3 aliphatic rings. The Morgan fingerprint density at radius 1 is 1.14 bits per heavy atom. The third-order valence-electron chi connectivity index (χ3n) is 7.23. The van der Waals surface area contributed by atoms with Crippen LogP contribution in [0.5, 0.6) is 0 Å². The lowest BCUT2D eigenvalue weighted by Crippen LogP contribution is -2.61. The van der Waals surface area contributed by atoms with Crippen molar-refractivity contribution in [1.29, 1.82) is 0 Å². The van der Waals surface area contributed by atoms with Gasteiger partial charge in [0.2, 0.25) is 0 Å². The van der Waals surface area contributed by atoms with Crippen molar-refractivity contribution in [3.05, 3.63) is 0 Å². The van der Waals surface area contributed by atoms with E-state index in [1.54, 1.807) is 6.42 Å². The van der Waals surface area contributed by atoms with Crippen molar-refractivity contribution in [3.8, 4) is 0 Å². The molecule has 2 bridgehead atoms. The summed E-state index contributed by atoms with van der Waals surface area (Å²) in [7, 11) is 0. The van der Waals surface area contributed by atoms with E-state index in [0.29, 0.717) is 6.04 Å². The maximum Gasteiger partial charge on any atom is 0.0221 e. The highest BCUT2D eigenvalue weighted by atomic mass is 15.3. The van der Waals surface area contributed by atoms with E-state index in [-0.39, 0.29) is 0 Å². The zero-order chi connectivity index (χ0) is 15.0. The summed E-state index contributed by atoms with van der Waals surface area (Å²) in [6, 6.07) is 2.28. The van der Waals surface area contributed by atoms with Gasteiger partial charge < -0.3 is 5.32 Å². The number of nitrogens with one attached hydrogen (secondary N) is 1. The van der Waals surface area contributed by atoms with E-state index >= 15 is 0 Å². The molecule has 3 fully saturated rings. The molecule has 0 amide bonds. The van der Waals surface area contributed by atoms with Gasteiger partial charge in [-0.2, -0.15) is 0 Å². The Morgan fingerprint density at radius 2 is 1.95 bits per heavy atom. The van der Waals surface area contributed by atoms with Crippen LogP contribution in [0.3, 0.4) is 0 Å². The zero-order valence-electron chi connectivity index (χ0n) is 14.6. The summed E-state index contributed by atoms with van der Waals surface area (Å²) in [5.74, 6) is 3.93. The maximum absolute atomic E-state index is 3.84. The molecule has 3 rings (SSSR count). The summed E-state index contributed by atoms with van der Waals surface area (Å²) in [5.41, 5.74) is 0. The molecule has 2 aliphatic carbocycles. The number of hydrogen-bond donors (Lipinski definition) is 1. The lowest BCUT2D eigenvalue weighted by molar-refractivity contribution is 0.0317. The van der Waals surface area contributed by atoms with Gasteiger partial charge in [-0.15, -0.1) is 0 Å². The van der Waals surface area contributed by atoms with Gasteiger partial charge in [0.05, 0.1) is 0 Å². The van der Waals surface area contributed by atoms with E-state index in [2.05, 4.69) is 37.9 Å². The highest BCUT2D eigenvalue weighted by Crippen LogP contribution is 2.50. The molecule has 0 aromatic carbocycles. The molecule has 2 saturated carbocycles. The smallest absolute Gasteiger partial charge is 0.0221 e. The number of fused-ring (bicyclic) bond motifs is 2. The molecule has 7 atom stereocenters. The molecular formula is C19H36N2. The minimum absolute atomic E-state index is 0.707. The first-order valence-corrected chi connectivity index (χ1v) is 9.63. The second-order valence-corrected chi connectivity index (χ2v) is 8.24. The summed E-state index contributed by atoms with van der Waals surface area (Å²) in [6.07, 6.45) is 8.72. The Balaban J connectivity index is 1.67. The summed E-state index contributed by atoms with van der Waals surface area (Å²) < 4.78 is 0. The molecule has 21 heavy (non-hydrogen) atoms. The van der Waals surface area contributed by atoms with Gasteiger partial charge in [-0.3, -0.25) is 4.90 Å². The van der Waals surface area contributed by atoms with Crippen LogP contribution in [0, 0.1) is 23.7 Å². The molecule has 7 unspecified atom stereocenters. The van der Waals surface area contributed by atoms with Gasteiger partial charge in [0, 0.05) is 31.2 Å². The number of piperazine rings is 1. The summed E-state index contributed by atoms with van der Waals surface area (Å²) in [4.78, 5) is 2.90. The van der Waals surface area contributed by atoms with E-state index in [4.69, 9.17) is 0 Å². The van der Waals surface area contributed by atoms with Crippen LogP contribution in [0.1, 0.15) is 66.2 Å². The quantitative estimate of drug-likeness (QED) is 0.826. The lowest BCUT2D eigenvalue weighted by Gasteiger charge is -2.48. The molecule has 1 N–H and O–H groups in total. The first-order chi connectivity index (χ1) is 10.1. The molecule has 0 aromatic rings. The number of rotatable bonds is 5. The summed E-state index contributed by atoms with van der Waals surface area (Å²) in [6.45, 7) is 12.2. The van der Waals surface area contributed by atoms with Crippen LogP contribution in [0.4, 0.5) is 0 Å². The molecule has 2 nitrogen and oxygen atoms in total. The SMILES string of the molecule is CCC(C)C1CN(C(C)C2CC3CCC2C3)C(CC)CN1. The first-order valence-electron chi connectivity index (χ1n) is 9.63. The molecule has 2 heteroatoms. The van der Waals surface area contributed by atoms with Crippen molar-refractivity contribution in [3.63, 3.8) is 0 Å². The second-order valence-electron chi connectivity index (χ2n) is 8.24. The average Bonchev–Trinajstić information content (AvgIpc) is 3.15. The topological polar surface area (TPSA) is 15.3 Å². The fourth-order valence-electron chi connectivity index (χ4n) is 5.52. The molecule has 0 radical (unpaired) electrons. The van der Waals surface area contributed by atoms with Gasteiger partial charge in [-0.25, -0.2) is 0 Å². The normalized spacial score (nSPS) is 43.1. The fraction of sp³-hybridized carbons (Fsp3) is 1.00. The van der Waals surface area contributed by atoms with Crippen molar-refractivity contribution in [1.82, 2.24) is 10.2 Å². The highest BCUT2D eigenvalue weighted by Gasteiger charge is 2.45. The monoisotopic (exact) mass is 292 g/mol. The van der Waals surface area contributed by atoms with E-state index in [9.17, 15) is 0 Å².